The molecule has 0 aliphatic heterocycles. The number of ether oxygens (including phenoxy) is 1. The predicted octanol–water partition coefficient (Wildman–Crippen LogP) is 3.95. The van der Waals surface area contributed by atoms with E-state index in [1.165, 1.54) is 0 Å². The van der Waals surface area contributed by atoms with Crippen molar-refractivity contribution in [2.45, 2.75) is 12.9 Å². The fourth-order valence-electron chi connectivity index (χ4n) is 2.15. The van der Waals surface area contributed by atoms with Crippen molar-refractivity contribution in [2.75, 3.05) is 6.61 Å². The lowest BCUT2D eigenvalue weighted by molar-refractivity contribution is 0.0736. The zero-order chi connectivity index (χ0) is 19.0. The summed E-state index contributed by atoms with van der Waals surface area (Å²) in [4.78, 5) is 20.6. The largest absolute Gasteiger partial charge is 0.470 e. The number of hydrogen-bond donors (Lipinski definition) is 1. The van der Waals surface area contributed by atoms with Gasteiger partial charge in [-0.25, -0.2) is 36.7 Å². The number of aromatic nitrogens is 3. The second kappa shape index (κ2) is 6.90. The molecule has 0 saturated heterocycles. The number of fused-ring (bicyclic) bond motifs is 1. The number of aromatic amines is 1. The van der Waals surface area contributed by atoms with Crippen molar-refractivity contribution in [3.8, 4) is 17.1 Å². The van der Waals surface area contributed by atoms with Gasteiger partial charge in [-0.15, -0.1) is 0 Å². The lowest BCUT2D eigenvalue weighted by atomic mass is 10.1. The third-order valence-electron chi connectivity index (χ3n) is 3.19. The Labute approximate surface area is 145 Å². The van der Waals surface area contributed by atoms with Crippen LogP contribution < -0.4 is 10.5 Å². The average Bonchev–Trinajstić information content (AvgIpc) is 2.98. The van der Waals surface area contributed by atoms with Gasteiger partial charge >= 0.3 is 5.76 Å². The van der Waals surface area contributed by atoms with Crippen LogP contribution in [0.5, 0.6) is 5.88 Å². The Morgan fingerprint density at radius 3 is 2.69 bits per heavy atom. The van der Waals surface area contributed by atoms with Crippen LogP contribution in [0.15, 0.2) is 21.5 Å². The maximum atomic E-state index is 14.0. The Hall–Kier alpha value is -2.69. The minimum Gasteiger partial charge on any atom is -0.470 e. The number of hydrogen-bond acceptors (Lipinski definition) is 5. The molecule has 138 valence electrons. The van der Waals surface area contributed by atoms with E-state index in [1.807, 2.05) is 0 Å². The number of oxazole rings is 1. The monoisotopic (exact) mass is 395 g/mol. The van der Waals surface area contributed by atoms with Gasteiger partial charge in [0, 0.05) is 5.56 Å². The summed E-state index contributed by atoms with van der Waals surface area (Å²) < 4.78 is 74.0. The van der Waals surface area contributed by atoms with Crippen LogP contribution in [0.25, 0.3) is 22.4 Å². The van der Waals surface area contributed by atoms with Crippen LogP contribution in [-0.2, 0) is 0 Å². The van der Waals surface area contributed by atoms with Crippen LogP contribution in [0.2, 0.25) is 5.02 Å². The topological polar surface area (TPSA) is 81.0 Å². The number of H-pyrrole nitrogens is 1. The van der Waals surface area contributed by atoms with Crippen molar-refractivity contribution in [2.24, 2.45) is 0 Å². The van der Waals surface area contributed by atoms with E-state index in [1.54, 1.807) is 0 Å². The average molecular weight is 396 g/mol. The van der Waals surface area contributed by atoms with E-state index in [0.29, 0.717) is 0 Å². The number of benzene rings is 1. The van der Waals surface area contributed by atoms with Crippen LogP contribution in [0.1, 0.15) is 12.1 Å². The van der Waals surface area contributed by atoms with Gasteiger partial charge in [-0.3, -0.25) is 4.98 Å². The van der Waals surface area contributed by atoms with Crippen LogP contribution >= 0.6 is 11.6 Å². The molecule has 0 aliphatic carbocycles. The van der Waals surface area contributed by atoms with E-state index < -0.39 is 47.6 Å². The smallest absolute Gasteiger partial charge is 0.417 e. The summed E-state index contributed by atoms with van der Waals surface area (Å²) >= 11 is 5.72. The van der Waals surface area contributed by atoms with Gasteiger partial charge in [0.05, 0.1) is 11.9 Å². The quantitative estimate of drug-likeness (QED) is 0.661. The molecule has 0 radical (unpaired) electrons. The molecule has 0 bridgehead atoms. The molecule has 3 aromatic rings. The third-order valence-corrected chi connectivity index (χ3v) is 3.56. The molecule has 0 spiro atoms. The highest BCUT2D eigenvalue weighted by atomic mass is 35.5. The molecule has 0 amide bonds. The molecule has 2 heterocycles. The van der Waals surface area contributed by atoms with Gasteiger partial charge in [0.25, 0.3) is 12.9 Å². The molecule has 0 atom stereocenters. The lowest BCUT2D eigenvalue weighted by Crippen LogP contribution is -2.11. The second-order valence-corrected chi connectivity index (χ2v) is 5.26. The summed E-state index contributed by atoms with van der Waals surface area (Å²) in [6.07, 6.45) is -5.22. The highest BCUT2D eigenvalue weighted by Gasteiger charge is 2.23. The van der Waals surface area contributed by atoms with Gasteiger partial charge in [-0.1, -0.05) is 11.6 Å². The number of nitrogens with zero attached hydrogens (tertiary/aromatic N) is 2. The maximum absolute atomic E-state index is 14.0. The molecule has 1 N–H and O–H groups in total. The van der Waals surface area contributed by atoms with Crippen LogP contribution in [0.3, 0.4) is 0 Å². The molecule has 26 heavy (non-hydrogen) atoms. The molecule has 1 aromatic carbocycles. The molecule has 2 aromatic heterocycles. The Morgan fingerprint density at radius 2 is 2.04 bits per heavy atom. The van der Waals surface area contributed by atoms with E-state index in [-0.39, 0.29) is 22.4 Å². The molecule has 0 fully saturated rings. The van der Waals surface area contributed by atoms with Crippen molar-refractivity contribution < 1.29 is 31.1 Å². The van der Waals surface area contributed by atoms with Crippen LogP contribution in [0.4, 0.5) is 22.0 Å². The minimum atomic E-state index is -3.21. The first-order chi connectivity index (χ1) is 12.3. The molecule has 3 rings (SSSR count). The van der Waals surface area contributed by atoms with Crippen molar-refractivity contribution in [3.63, 3.8) is 0 Å². The molecular formula is C14H7ClF5N3O3. The SMILES string of the molecule is O=c1[nH]c2c(Cl)c(F)cc(-c3cnc(OCC(F)F)c(C(F)F)n3)c2o1. The predicted molar refractivity (Wildman–Crippen MR) is 79.3 cm³/mol. The zero-order valence-corrected chi connectivity index (χ0v) is 13.2. The van der Waals surface area contributed by atoms with Crippen LogP contribution in [0, 0.1) is 5.82 Å². The molecule has 12 heteroatoms. The van der Waals surface area contributed by atoms with Crippen molar-refractivity contribution in [1.29, 1.82) is 0 Å². The van der Waals surface area contributed by atoms with Gasteiger partial charge in [0.2, 0.25) is 5.88 Å². The van der Waals surface area contributed by atoms with E-state index in [2.05, 4.69) is 19.7 Å². The highest BCUT2D eigenvalue weighted by molar-refractivity contribution is 6.35. The maximum Gasteiger partial charge on any atom is 0.417 e. The number of rotatable bonds is 5. The third kappa shape index (κ3) is 3.34. The van der Waals surface area contributed by atoms with Crippen LogP contribution in [-0.4, -0.2) is 28.0 Å². The minimum absolute atomic E-state index is 0.185. The van der Waals surface area contributed by atoms with Crippen molar-refractivity contribution in [3.05, 3.63) is 39.3 Å². The number of alkyl halides is 4. The van der Waals surface area contributed by atoms with Crippen molar-refractivity contribution in [1.82, 2.24) is 15.0 Å². The Bertz CT molecular complexity index is 1020. The summed E-state index contributed by atoms with van der Waals surface area (Å²) in [5, 5.41) is -0.437. The molecule has 6 nitrogen and oxygen atoms in total. The summed E-state index contributed by atoms with van der Waals surface area (Å²) in [5.74, 6) is -2.71. The number of nitrogens with one attached hydrogen (secondary N) is 1. The lowest BCUT2D eigenvalue weighted by Gasteiger charge is -2.11. The van der Waals surface area contributed by atoms with Gasteiger partial charge < -0.3 is 9.15 Å². The first kappa shape index (κ1) is 18.1. The van der Waals surface area contributed by atoms with E-state index in [9.17, 15) is 26.7 Å². The van der Waals surface area contributed by atoms with E-state index in [0.717, 1.165) is 12.3 Å². The second-order valence-electron chi connectivity index (χ2n) is 4.89. The van der Waals surface area contributed by atoms with E-state index in [4.69, 9.17) is 16.0 Å². The summed E-state index contributed by atoms with van der Waals surface area (Å²) in [7, 11) is 0. The van der Waals surface area contributed by atoms with E-state index >= 15 is 0 Å². The first-order valence-corrected chi connectivity index (χ1v) is 7.23. The van der Waals surface area contributed by atoms with Crippen molar-refractivity contribution >= 4 is 22.7 Å². The normalized spacial score (nSPS) is 11.7. The summed E-state index contributed by atoms with van der Waals surface area (Å²) in [5.41, 5.74) is -1.92. The van der Waals surface area contributed by atoms with Gasteiger partial charge in [0.15, 0.2) is 17.9 Å². The van der Waals surface area contributed by atoms with Gasteiger partial charge in [-0.2, -0.15) is 0 Å². The molecule has 0 saturated carbocycles. The highest BCUT2D eigenvalue weighted by Crippen LogP contribution is 2.35. The van der Waals surface area contributed by atoms with Gasteiger partial charge in [-0.05, 0) is 6.07 Å². The molecule has 0 aliphatic rings. The molecular weight excluding hydrogens is 389 g/mol. The summed E-state index contributed by atoms with van der Waals surface area (Å²) in [6, 6.07) is 0.820. The summed E-state index contributed by atoms with van der Waals surface area (Å²) in [6.45, 7) is -1.15. The Morgan fingerprint density at radius 1 is 1.31 bits per heavy atom. The fraction of sp³-hybridized carbons (Fsp3) is 0.214. The first-order valence-electron chi connectivity index (χ1n) is 6.85. The fourth-order valence-corrected chi connectivity index (χ4v) is 2.34. The number of halogens is 6. The van der Waals surface area contributed by atoms with Gasteiger partial charge in [0.1, 0.15) is 16.4 Å². The Kier molecular flexibility index (Phi) is 4.81. The Balaban J connectivity index is 2.16. The standard InChI is InChI=1S/C14H7ClF5N3O3/c15-8-5(16)1-4(11-9(8)23-14(24)26-11)6-2-21-13(25-3-7(17)18)10(22-6)12(19)20/h1-2,7,12H,3H2,(H,23,24). The zero-order valence-electron chi connectivity index (χ0n) is 12.4. The molecule has 0 unspecified atom stereocenters.